The van der Waals surface area contributed by atoms with Gasteiger partial charge in [-0.3, -0.25) is 24.0 Å². The van der Waals surface area contributed by atoms with Crippen LogP contribution < -0.4 is 0 Å². The second-order valence-electron chi connectivity index (χ2n) is 21.1. The SMILES string of the molecule is CCC1/C=C(\C)CC(C)CC(OC)C2OC(O)(C(=O)C(=O)N3CCCCC3C(=O)OC(C(C)=CC3CCC(OCC(=O)c4ccccc4)C(OCC(=O)c4ccccc4)C3)C(C)C(O)CC1=O)C(C)CC2OC. The lowest BCUT2D eigenvalue weighted by molar-refractivity contribution is -0.302. The average molecular weight is 1010 g/mol. The van der Waals surface area contributed by atoms with Crippen LogP contribution in [0.4, 0.5) is 0 Å². The number of methoxy groups -OCH3 is 2. The summed E-state index contributed by atoms with van der Waals surface area (Å²) in [5.74, 6) is -8.55. The van der Waals surface area contributed by atoms with Crippen molar-refractivity contribution in [2.45, 2.75) is 167 Å². The van der Waals surface area contributed by atoms with E-state index in [1.807, 2.05) is 45.1 Å². The Morgan fingerprint density at radius 1 is 0.795 bits per heavy atom. The number of Topliss-reactive ketones (excluding diaryl/α,β-unsaturated/α-hetero) is 4. The molecular formula is C58H79NO14. The Labute approximate surface area is 431 Å². The zero-order valence-electron chi connectivity index (χ0n) is 44.1. The fourth-order valence-corrected chi connectivity index (χ4v) is 11.3. The molecule has 4 aliphatic rings. The summed E-state index contributed by atoms with van der Waals surface area (Å²) in [6.45, 7) is 10.7. The summed E-state index contributed by atoms with van der Waals surface area (Å²) in [7, 11) is 3.05. The number of rotatable bonds is 13. The maximum absolute atomic E-state index is 14.7. The van der Waals surface area contributed by atoms with Gasteiger partial charge in [0.15, 0.2) is 11.6 Å². The molecule has 73 heavy (non-hydrogen) atoms. The van der Waals surface area contributed by atoms with E-state index in [1.165, 1.54) is 19.1 Å². The summed E-state index contributed by atoms with van der Waals surface area (Å²) in [5.41, 5.74) is 2.56. The number of carbonyl (C=O) groups is 6. The molecule has 14 atom stereocenters. The number of amides is 1. The maximum Gasteiger partial charge on any atom is 0.329 e. The fraction of sp³-hybridized carbons (Fsp3) is 0.621. The van der Waals surface area contributed by atoms with Gasteiger partial charge in [-0.05, 0) is 95.5 Å². The topological polar surface area (TPSA) is 201 Å². The van der Waals surface area contributed by atoms with Crippen LogP contribution in [0.3, 0.4) is 0 Å². The van der Waals surface area contributed by atoms with Gasteiger partial charge in [-0.25, -0.2) is 4.79 Å². The molecule has 15 heteroatoms. The first-order valence-corrected chi connectivity index (χ1v) is 26.4. The van der Waals surface area contributed by atoms with Crippen LogP contribution in [0.2, 0.25) is 0 Å². The minimum atomic E-state index is -2.55. The molecular weight excluding hydrogens is 935 g/mol. The van der Waals surface area contributed by atoms with Gasteiger partial charge in [0.25, 0.3) is 11.7 Å². The van der Waals surface area contributed by atoms with Crippen LogP contribution in [-0.4, -0.2) is 139 Å². The van der Waals surface area contributed by atoms with Crippen molar-refractivity contribution in [2.24, 2.45) is 29.6 Å². The van der Waals surface area contributed by atoms with E-state index in [9.17, 15) is 39.0 Å². The van der Waals surface area contributed by atoms with Gasteiger partial charge in [0, 0.05) is 56.1 Å². The van der Waals surface area contributed by atoms with Crippen molar-refractivity contribution >= 4 is 35.0 Å². The monoisotopic (exact) mass is 1010 g/mol. The molecule has 1 aliphatic carbocycles. The zero-order chi connectivity index (χ0) is 53.0. The van der Waals surface area contributed by atoms with E-state index >= 15 is 0 Å². The van der Waals surface area contributed by atoms with E-state index in [2.05, 4.69) is 0 Å². The lowest BCUT2D eigenvalue weighted by atomic mass is 9.81. The highest BCUT2D eigenvalue weighted by atomic mass is 16.7. The number of esters is 1. The first-order chi connectivity index (χ1) is 34.9. The standard InChI is InChI=1S/C58H79NO14/c1-9-41-27-35(2)26-36(3)28-51(68-7)54-52(69-8)30-38(5)58(67,73-54)55(64)56(65)59-25-17-16-22-44(59)57(66)72-53(39(6)45(60)32-46(41)61)37(4)29-40-23-24-49(70-33-47(62)42-18-12-10-13-19-42)50(31-40)71-34-48(63)43-20-14-11-15-21-43/h10-15,18-21,27,29,36,38-41,44-45,49-54,60,67H,9,16-17,22-26,28,30-34H2,1-8H3/b35-27+,37-29?. The largest absolute Gasteiger partial charge is 0.456 e. The van der Waals surface area contributed by atoms with Crippen molar-refractivity contribution < 1.29 is 67.4 Å². The van der Waals surface area contributed by atoms with Crippen molar-refractivity contribution in [1.29, 1.82) is 0 Å². The number of cyclic esters (lactones) is 1. The Morgan fingerprint density at radius 3 is 2.00 bits per heavy atom. The summed E-state index contributed by atoms with van der Waals surface area (Å²) in [5, 5.41) is 24.2. The number of hydrogen-bond acceptors (Lipinski definition) is 14. The molecule has 400 valence electrons. The highest BCUT2D eigenvalue weighted by Crippen LogP contribution is 2.39. The maximum atomic E-state index is 14.7. The molecule has 2 aromatic rings. The third kappa shape index (κ3) is 14.6. The lowest BCUT2D eigenvalue weighted by Crippen LogP contribution is -2.64. The van der Waals surface area contributed by atoms with Gasteiger partial charge < -0.3 is 43.5 Å². The van der Waals surface area contributed by atoms with E-state index in [1.54, 1.807) is 69.3 Å². The van der Waals surface area contributed by atoms with Crippen molar-refractivity contribution in [3.63, 3.8) is 0 Å². The number of piperidine rings is 1. The molecule has 0 aromatic heterocycles. The number of ether oxygens (including phenoxy) is 6. The number of allylic oxidation sites excluding steroid dienone is 3. The third-order valence-electron chi connectivity index (χ3n) is 15.6. The molecule has 3 fully saturated rings. The Bertz CT molecular complexity index is 2260. The quantitative estimate of drug-likeness (QED) is 0.0858. The smallest absolute Gasteiger partial charge is 0.329 e. The number of fused-ring (bicyclic) bond motifs is 3. The summed E-state index contributed by atoms with van der Waals surface area (Å²) in [6, 6.07) is 16.5. The molecule has 6 rings (SSSR count). The Morgan fingerprint density at radius 2 is 1.40 bits per heavy atom. The number of carbonyl (C=O) groups excluding carboxylic acids is 6. The van der Waals surface area contributed by atoms with Crippen LogP contribution in [0.15, 0.2) is 84.0 Å². The minimum Gasteiger partial charge on any atom is -0.456 e. The highest BCUT2D eigenvalue weighted by Gasteiger charge is 2.56. The number of hydrogen-bond donors (Lipinski definition) is 2. The molecule has 2 aromatic carbocycles. The molecule has 15 nitrogen and oxygen atoms in total. The summed E-state index contributed by atoms with van der Waals surface area (Å²) in [4.78, 5) is 85.3. The molecule has 2 N–H and O–H groups in total. The van der Waals surface area contributed by atoms with Gasteiger partial charge in [-0.15, -0.1) is 0 Å². The van der Waals surface area contributed by atoms with E-state index in [0.717, 1.165) is 5.57 Å². The Kier molecular flexibility index (Phi) is 21.0. The van der Waals surface area contributed by atoms with Gasteiger partial charge in [0.05, 0.1) is 30.5 Å². The van der Waals surface area contributed by atoms with Crippen LogP contribution in [0.5, 0.6) is 0 Å². The molecule has 14 unspecified atom stereocenters. The number of ketones is 4. The number of nitrogens with zero attached hydrogens (tertiary/aromatic N) is 1. The predicted molar refractivity (Wildman–Crippen MR) is 272 cm³/mol. The molecule has 0 spiro atoms. The number of benzene rings is 2. The van der Waals surface area contributed by atoms with Crippen LogP contribution >= 0.6 is 0 Å². The predicted octanol–water partition coefficient (Wildman–Crippen LogP) is 7.63. The van der Waals surface area contributed by atoms with E-state index in [0.29, 0.717) is 68.1 Å². The van der Waals surface area contributed by atoms with E-state index in [4.69, 9.17) is 28.4 Å². The van der Waals surface area contributed by atoms with Gasteiger partial charge in [0.2, 0.25) is 5.79 Å². The molecule has 3 heterocycles. The second-order valence-corrected chi connectivity index (χ2v) is 21.1. The van der Waals surface area contributed by atoms with Crippen LogP contribution in [0, 0.1) is 29.6 Å². The normalized spacial score (nSPS) is 34.4. The van der Waals surface area contributed by atoms with Gasteiger partial charge >= 0.3 is 5.97 Å². The van der Waals surface area contributed by atoms with Crippen molar-refractivity contribution in [3.05, 3.63) is 95.1 Å². The molecule has 0 radical (unpaired) electrons. The second kappa shape index (κ2) is 26.7. The summed E-state index contributed by atoms with van der Waals surface area (Å²) >= 11 is 0. The van der Waals surface area contributed by atoms with Crippen molar-refractivity contribution in [1.82, 2.24) is 4.90 Å². The fourth-order valence-electron chi connectivity index (χ4n) is 11.3. The number of aliphatic hydroxyl groups is 2. The first kappa shape index (κ1) is 57.5. The van der Waals surface area contributed by atoms with Gasteiger partial charge in [0.1, 0.15) is 37.2 Å². The first-order valence-electron chi connectivity index (χ1n) is 26.4. The van der Waals surface area contributed by atoms with Crippen LogP contribution in [0.25, 0.3) is 0 Å². The van der Waals surface area contributed by atoms with Gasteiger partial charge in [-0.2, -0.15) is 0 Å². The summed E-state index contributed by atoms with van der Waals surface area (Å²) in [6.07, 6.45) is 2.51. The van der Waals surface area contributed by atoms with Crippen molar-refractivity contribution in [3.8, 4) is 0 Å². The minimum absolute atomic E-state index is 0.00256. The van der Waals surface area contributed by atoms with Crippen LogP contribution in [0.1, 0.15) is 133 Å². The van der Waals surface area contributed by atoms with Gasteiger partial charge in [-0.1, -0.05) is 106 Å². The zero-order valence-corrected chi connectivity index (χ0v) is 44.1. The van der Waals surface area contributed by atoms with Crippen LogP contribution in [-0.2, 0) is 47.6 Å². The average Bonchev–Trinajstić information content (AvgIpc) is 3.39. The summed E-state index contributed by atoms with van der Waals surface area (Å²) < 4.78 is 37.1. The molecule has 1 saturated carbocycles. The third-order valence-corrected chi connectivity index (χ3v) is 15.6. The number of aliphatic hydroxyl groups excluding tert-OH is 1. The molecule has 1 amide bonds. The molecule has 2 saturated heterocycles. The Balaban J connectivity index is 1.31. The van der Waals surface area contributed by atoms with E-state index in [-0.39, 0.29) is 68.2 Å². The van der Waals surface area contributed by atoms with E-state index < -0.39 is 90.0 Å². The van der Waals surface area contributed by atoms with Crippen molar-refractivity contribution in [2.75, 3.05) is 34.0 Å². The molecule has 2 bridgehead atoms. The Hall–Kier alpha value is -4.74. The lowest BCUT2D eigenvalue weighted by Gasteiger charge is -2.47. The highest BCUT2D eigenvalue weighted by molar-refractivity contribution is 6.39. The molecule has 3 aliphatic heterocycles.